The lowest BCUT2D eigenvalue weighted by Gasteiger charge is -2.29. The summed E-state index contributed by atoms with van der Waals surface area (Å²) < 4.78 is 4.85. The second-order valence-electron chi connectivity index (χ2n) is 3.59. The molecule has 0 aromatic carbocycles. The van der Waals surface area contributed by atoms with E-state index >= 15 is 0 Å². The summed E-state index contributed by atoms with van der Waals surface area (Å²) >= 11 is 0. The summed E-state index contributed by atoms with van der Waals surface area (Å²) in [5.74, 6) is 0.725. The predicted molar refractivity (Wildman–Crippen MR) is 45.5 cm³/mol. The van der Waals surface area contributed by atoms with Crippen molar-refractivity contribution in [2.24, 2.45) is 11.8 Å². The van der Waals surface area contributed by atoms with Gasteiger partial charge in [-0.15, -0.1) is 0 Å². The van der Waals surface area contributed by atoms with Gasteiger partial charge in [-0.05, 0) is 31.6 Å². The summed E-state index contributed by atoms with van der Waals surface area (Å²) in [5.41, 5.74) is 0. The molecule has 72 valence electrons. The molecule has 0 spiro atoms. The smallest absolute Gasteiger partial charge is 0.156 e. The Morgan fingerprint density at radius 2 is 1.92 bits per heavy atom. The largest absolute Gasteiger partial charge is 0.396 e. The molecule has 1 aliphatic carbocycles. The molecular weight excluding hydrogens is 156 g/mol. The van der Waals surface area contributed by atoms with Crippen molar-refractivity contribution < 1.29 is 14.9 Å². The Morgan fingerprint density at radius 1 is 1.33 bits per heavy atom. The van der Waals surface area contributed by atoms with Crippen LogP contribution in [0.1, 0.15) is 25.7 Å². The van der Waals surface area contributed by atoms with Crippen LogP contribution in [0.2, 0.25) is 0 Å². The van der Waals surface area contributed by atoms with Gasteiger partial charge in [-0.2, -0.15) is 0 Å². The van der Waals surface area contributed by atoms with Crippen molar-refractivity contribution in [3.05, 3.63) is 0 Å². The van der Waals surface area contributed by atoms with Crippen LogP contribution in [-0.2, 0) is 4.74 Å². The normalized spacial score (nSPS) is 33.2. The van der Waals surface area contributed by atoms with E-state index < -0.39 is 6.29 Å². The Bertz CT molecular complexity index is 119. The summed E-state index contributed by atoms with van der Waals surface area (Å²) in [5, 5.41) is 18.2. The second-order valence-corrected chi connectivity index (χ2v) is 3.59. The Morgan fingerprint density at radius 3 is 2.33 bits per heavy atom. The maximum Gasteiger partial charge on any atom is 0.156 e. The molecule has 0 aliphatic heterocycles. The lowest BCUT2D eigenvalue weighted by molar-refractivity contribution is -0.123. The van der Waals surface area contributed by atoms with Crippen molar-refractivity contribution in [2.45, 2.75) is 32.0 Å². The third-order valence-corrected chi connectivity index (χ3v) is 2.79. The molecule has 0 saturated heterocycles. The van der Waals surface area contributed by atoms with Crippen LogP contribution >= 0.6 is 0 Å². The summed E-state index contributed by atoms with van der Waals surface area (Å²) in [4.78, 5) is 0. The van der Waals surface area contributed by atoms with Gasteiger partial charge in [-0.3, -0.25) is 0 Å². The first-order chi connectivity index (χ1) is 5.77. The zero-order valence-corrected chi connectivity index (χ0v) is 7.57. The highest BCUT2D eigenvalue weighted by molar-refractivity contribution is 4.73. The minimum absolute atomic E-state index is 0.276. The zero-order valence-electron chi connectivity index (χ0n) is 7.57. The molecule has 1 unspecified atom stereocenters. The summed E-state index contributed by atoms with van der Waals surface area (Å²) in [6.07, 6.45) is 3.37. The molecule has 0 aromatic rings. The first kappa shape index (κ1) is 9.96. The predicted octanol–water partition coefficient (Wildman–Crippen LogP) is 0.750. The van der Waals surface area contributed by atoms with Gasteiger partial charge < -0.3 is 14.9 Å². The number of aliphatic hydroxyl groups is 2. The Hall–Kier alpha value is -0.120. The molecule has 0 radical (unpaired) electrons. The van der Waals surface area contributed by atoms with Crippen molar-refractivity contribution in [3.8, 4) is 0 Å². The molecule has 1 saturated carbocycles. The average molecular weight is 174 g/mol. The van der Waals surface area contributed by atoms with Crippen LogP contribution in [0.3, 0.4) is 0 Å². The average Bonchev–Trinajstić information content (AvgIpc) is 2.17. The Labute approximate surface area is 73.4 Å². The van der Waals surface area contributed by atoms with Gasteiger partial charge in [0, 0.05) is 19.6 Å². The Balaban J connectivity index is 2.25. The summed E-state index contributed by atoms with van der Waals surface area (Å²) in [6.45, 7) is 0.287. The maximum absolute atomic E-state index is 9.36. The molecular formula is C9H18O3. The number of methoxy groups -OCH3 is 1. The Kier molecular flexibility index (Phi) is 3.98. The summed E-state index contributed by atoms with van der Waals surface area (Å²) in [7, 11) is 1.53. The fraction of sp³-hybridized carbons (Fsp3) is 1.00. The van der Waals surface area contributed by atoms with Gasteiger partial charge >= 0.3 is 0 Å². The van der Waals surface area contributed by atoms with Crippen LogP contribution in [0.4, 0.5) is 0 Å². The van der Waals surface area contributed by atoms with E-state index in [2.05, 4.69) is 0 Å². The zero-order chi connectivity index (χ0) is 8.97. The lowest BCUT2D eigenvalue weighted by atomic mass is 9.82. The van der Waals surface area contributed by atoms with E-state index in [1.165, 1.54) is 7.11 Å². The minimum atomic E-state index is -0.607. The fourth-order valence-corrected chi connectivity index (χ4v) is 1.85. The third kappa shape index (κ3) is 2.44. The van der Waals surface area contributed by atoms with Crippen molar-refractivity contribution in [1.82, 2.24) is 0 Å². The van der Waals surface area contributed by atoms with E-state index in [1.807, 2.05) is 0 Å². The molecule has 3 heteroatoms. The number of ether oxygens (including phenoxy) is 1. The number of rotatable bonds is 3. The number of hydrogen-bond acceptors (Lipinski definition) is 3. The highest BCUT2D eigenvalue weighted by Crippen LogP contribution is 2.30. The van der Waals surface area contributed by atoms with Crippen LogP contribution in [0.25, 0.3) is 0 Å². The number of aliphatic hydroxyl groups excluding tert-OH is 2. The molecule has 1 rings (SSSR count). The SMILES string of the molecule is COC(O)C1CCC(CO)CC1. The van der Waals surface area contributed by atoms with Crippen molar-refractivity contribution >= 4 is 0 Å². The number of hydrogen-bond donors (Lipinski definition) is 2. The summed E-state index contributed by atoms with van der Waals surface area (Å²) in [6, 6.07) is 0. The van der Waals surface area contributed by atoms with Crippen molar-refractivity contribution in [1.29, 1.82) is 0 Å². The quantitative estimate of drug-likeness (QED) is 0.621. The monoisotopic (exact) mass is 174 g/mol. The van der Waals surface area contributed by atoms with E-state index in [1.54, 1.807) is 0 Å². The molecule has 0 bridgehead atoms. The van der Waals surface area contributed by atoms with Gasteiger partial charge in [0.15, 0.2) is 6.29 Å². The first-order valence-corrected chi connectivity index (χ1v) is 4.59. The van der Waals surface area contributed by atoms with Crippen LogP contribution in [-0.4, -0.2) is 30.2 Å². The van der Waals surface area contributed by atoms with Crippen molar-refractivity contribution in [3.63, 3.8) is 0 Å². The van der Waals surface area contributed by atoms with Crippen LogP contribution < -0.4 is 0 Å². The molecule has 1 atom stereocenters. The molecule has 1 fully saturated rings. The van der Waals surface area contributed by atoms with Gasteiger partial charge in [0.05, 0.1) is 0 Å². The van der Waals surface area contributed by atoms with Gasteiger partial charge in [0.25, 0.3) is 0 Å². The van der Waals surface area contributed by atoms with Crippen molar-refractivity contribution in [2.75, 3.05) is 13.7 Å². The molecule has 2 N–H and O–H groups in total. The van der Waals surface area contributed by atoms with Crippen LogP contribution in [0.15, 0.2) is 0 Å². The highest BCUT2D eigenvalue weighted by Gasteiger charge is 2.25. The van der Waals surface area contributed by atoms with Gasteiger partial charge in [0.1, 0.15) is 0 Å². The van der Waals surface area contributed by atoms with Crippen LogP contribution in [0, 0.1) is 11.8 Å². The second kappa shape index (κ2) is 4.80. The lowest BCUT2D eigenvalue weighted by Crippen LogP contribution is -2.27. The molecule has 12 heavy (non-hydrogen) atoms. The molecule has 1 aliphatic rings. The minimum Gasteiger partial charge on any atom is -0.396 e. The van der Waals surface area contributed by atoms with Gasteiger partial charge in [0.2, 0.25) is 0 Å². The standard InChI is InChI=1S/C9H18O3/c1-12-9(11)8-4-2-7(6-10)3-5-8/h7-11H,2-6H2,1H3. The van der Waals surface area contributed by atoms with E-state index in [0.29, 0.717) is 5.92 Å². The molecule has 3 nitrogen and oxygen atoms in total. The molecule has 0 heterocycles. The topological polar surface area (TPSA) is 49.7 Å². The van der Waals surface area contributed by atoms with E-state index in [9.17, 15) is 5.11 Å². The van der Waals surface area contributed by atoms with Crippen LogP contribution in [0.5, 0.6) is 0 Å². The van der Waals surface area contributed by atoms with E-state index in [-0.39, 0.29) is 12.5 Å². The van der Waals surface area contributed by atoms with E-state index in [0.717, 1.165) is 25.7 Å². The maximum atomic E-state index is 9.36. The van der Waals surface area contributed by atoms with E-state index in [4.69, 9.17) is 9.84 Å². The van der Waals surface area contributed by atoms with Gasteiger partial charge in [-0.1, -0.05) is 0 Å². The fourth-order valence-electron chi connectivity index (χ4n) is 1.85. The molecule has 0 amide bonds. The molecule has 0 aromatic heterocycles. The van der Waals surface area contributed by atoms with Gasteiger partial charge in [-0.25, -0.2) is 0 Å². The third-order valence-electron chi connectivity index (χ3n) is 2.79. The highest BCUT2D eigenvalue weighted by atomic mass is 16.6. The first-order valence-electron chi connectivity index (χ1n) is 4.59.